The molecule has 0 spiro atoms. The van der Waals surface area contributed by atoms with Gasteiger partial charge in [-0.05, 0) is 74.6 Å². The van der Waals surface area contributed by atoms with Gasteiger partial charge >= 0.3 is 0 Å². The highest BCUT2D eigenvalue weighted by molar-refractivity contribution is 5.91. The summed E-state index contributed by atoms with van der Waals surface area (Å²) in [5, 5.41) is 1.13. The minimum atomic E-state index is -0.249. The molecule has 3 unspecified atom stereocenters. The van der Waals surface area contributed by atoms with Crippen LogP contribution in [0.1, 0.15) is 38.7 Å². The number of aromatic amines is 1. The van der Waals surface area contributed by atoms with Crippen LogP contribution in [0.3, 0.4) is 0 Å². The second kappa shape index (κ2) is 9.88. The Balaban J connectivity index is 1.31. The van der Waals surface area contributed by atoms with Crippen molar-refractivity contribution in [3.63, 3.8) is 0 Å². The average Bonchev–Trinajstić information content (AvgIpc) is 3.42. The van der Waals surface area contributed by atoms with Gasteiger partial charge in [0.05, 0.1) is 12.2 Å². The van der Waals surface area contributed by atoms with E-state index in [1.165, 1.54) is 12.1 Å². The minimum Gasteiger partial charge on any atom is -0.373 e. The number of carbonyl (C=O) groups is 1. The van der Waals surface area contributed by atoms with Crippen LogP contribution >= 0.6 is 0 Å². The van der Waals surface area contributed by atoms with Crippen LogP contribution in [0.25, 0.3) is 22.2 Å². The number of aryl methyl sites for hydroxylation is 1. The van der Waals surface area contributed by atoms with E-state index >= 15 is 0 Å². The van der Waals surface area contributed by atoms with Crippen LogP contribution in [-0.4, -0.2) is 65.1 Å². The lowest BCUT2D eigenvalue weighted by Gasteiger charge is -2.38. The molecule has 2 fully saturated rings. The number of nitrogens with one attached hydrogen (secondary N) is 1. The van der Waals surface area contributed by atoms with Crippen molar-refractivity contribution in [2.75, 3.05) is 26.2 Å². The third-order valence-corrected chi connectivity index (χ3v) is 7.20. The van der Waals surface area contributed by atoms with Crippen molar-refractivity contribution >= 4 is 16.8 Å². The highest BCUT2D eigenvalue weighted by atomic mass is 19.1. The van der Waals surface area contributed by atoms with Crippen LogP contribution in [0.2, 0.25) is 0 Å². The van der Waals surface area contributed by atoms with Gasteiger partial charge in [-0.3, -0.25) is 9.69 Å². The Labute approximate surface area is 200 Å². The number of carbonyl (C=O) groups excluding carboxylic acids is 1. The lowest BCUT2D eigenvalue weighted by molar-refractivity contribution is -0.133. The van der Waals surface area contributed by atoms with Gasteiger partial charge in [-0.25, -0.2) is 4.39 Å². The van der Waals surface area contributed by atoms with Gasteiger partial charge in [-0.15, -0.1) is 0 Å². The van der Waals surface area contributed by atoms with E-state index in [1.54, 1.807) is 12.1 Å². The molecule has 0 bridgehead atoms. The Morgan fingerprint density at radius 1 is 1.09 bits per heavy atom. The molecule has 2 aromatic carbocycles. The number of halogens is 1. The van der Waals surface area contributed by atoms with Crippen LogP contribution in [0.5, 0.6) is 0 Å². The molecule has 0 saturated carbocycles. The smallest absolute Gasteiger partial charge is 0.223 e. The number of fused-ring (bicyclic) bond motifs is 1. The lowest BCUT2D eigenvalue weighted by Crippen LogP contribution is -2.50. The molecule has 5 nitrogen and oxygen atoms in total. The van der Waals surface area contributed by atoms with E-state index in [0.29, 0.717) is 12.8 Å². The molecule has 180 valence electrons. The number of amides is 1. The summed E-state index contributed by atoms with van der Waals surface area (Å²) in [7, 11) is 0. The Morgan fingerprint density at radius 2 is 1.82 bits per heavy atom. The van der Waals surface area contributed by atoms with Gasteiger partial charge in [0.1, 0.15) is 5.82 Å². The van der Waals surface area contributed by atoms with E-state index in [-0.39, 0.29) is 30.0 Å². The predicted octanol–water partition coefficient (Wildman–Crippen LogP) is 5.01. The van der Waals surface area contributed by atoms with Crippen molar-refractivity contribution in [3.8, 4) is 11.3 Å². The predicted molar refractivity (Wildman–Crippen MR) is 133 cm³/mol. The van der Waals surface area contributed by atoms with E-state index in [1.807, 2.05) is 12.1 Å². The summed E-state index contributed by atoms with van der Waals surface area (Å²) in [5.74, 6) is -0.0205. The maximum absolute atomic E-state index is 13.5. The fourth-order valence-electron chi connectivity index (χ4n) is 5.78. The zero-order valence-electron chi connectivity index (χ0n) is 20.1. The number of H-pyrrole nitrogens is 1. The van der Waals surface area contributed by atoms with Crippen molar-refractivity contribution in [2.24, 2.45) is 0 Å². The van der Waals surface area contributed by atoms with Crippen LogP contribution < -0.4 is 0 Å². The summed E-state index contributed by atoms with van der Waals surface area (Å²) in [5.41, 5.74) is 4.08. The van der Waals surface area contributed by atoms with Crippen molar-refractivity contribution in [1.82, 2.24) is 14.8 Å². The highest BCUT2D eigenvalue weighted by Gasteiger charge is 2.32. The van der Waals surface area contributed by atoms with Crippen molar-refractivity contribution in [1.29, 1.82) is 0 Å². The molecule has 3 atom stereocenters. The number of morpholine rings is 1. The maximum Gasteiger partial charge on any atom is 0.223 e. The number of rotatable bonds is 6. The van der Waals surface area contributed by atoms with Crippen LogP contribution in [0.4, 0.5) is 4.39 Å². The third-order valence-electron chi connectivity index (χ3n) is 7.20. The molecule has 2 saturated heterocycles. The summed E-state index contributed by atoms with van der Waals surface area (Å²) < 4.78 is 19.4. The number of para-hydroxylation sites is 1. The van der Waals surface area contributed by atoms with E-state index in [0.717, 1.165) is 66.7 Å². The lowest BCUT2D eigenvalue weighted by atomic mass is 10.0. The molecule has 3 aromatic rings. The first kappa shape index (κ1) is 23.1. The highest BCUT2D eigenvalue weighted by Crippen LogP contribution is 2.32. The topological polar surface area (TPSA) is 48.6 Å². The fraction of sp³-hybridized carbons (Fsp3) is 0.464. The molecule has 1 amide bonds. The van der Waals surface area contributed by atoms with Crippen LogP contribution in [0.15, 0.2) is 48.5 Å². The van der Waals surface area contributed by atoms with E-state index in [9.17, 15) is 9.18 Å². The number of ether oxygens (including phenoxy) is 1. The number of aromatic nitrogens is 1. The first-order valence-electron chi connectivity index (χ1n) is 12.5. The van der Waals surface area contributed by atoms with Gasteiger partial charge in [0.2, 0.25) is 5.91 Å². The Bertz CT molecular complexity index is 1130. The molecule has 6 heteroatoms. The zero-order valence-corrected chi connectivity index (χ0v) is 20.1. The normalized spacial score (nSPS) is 23.6. The molecule has 2 aliphatic heterocycles. The van der Waals surface area contributed by atoms with E-state index < -0.39 is 0 Å². The molecule has 5 rings (SSSR count). The van der Waals surface area contributed by atoms with Gasteiger partial charge in [0.15, 0.2) is 0 Å². The molecule has 1 N–H and O–H groups in total. The summed E-state index contributed by atoms with van der Waals surface area (Å²) >= 11 is 0. The SMILES string of the molecule is CC1CN(CC2CCCN2C(=O)CCc2c(-c3ccc(F)cc3)[nH]c3ccccc23)CC(C)O1. The van der Waals surface area contributed by atoms with E-state index in [2.05, 4.69) is 40.8 Å². The monoisotopic (exact) mass is 463 g/mol. The first-order chi connectivity index (χ1) is 16.5. The van der Waals surface area contributed by atoms with Gasteiger partial charge in [0.25, 0.3) is 0 Å². The Kier molecular flexibility index (Phi) is 6.70. The van der Waals surface area contributed by atoms with Gasteiger partial charge in [-0.1, -0.05) is 18.2 Å². The molecule has 34 heavy (non-hydrogen) atoms. The van der Waals surface area contributed by atoms with Crippen LogP contribution in [0, 0.1) is 5.82 Å². The molecule has 1 aromatic heterocycles. The van der Waals surface area contributed by atoms with E-state index in [4.69, 9.17) is 4.74 Å². The summed E-state index contributed by atoms with van der Waals surface area (Å²) in [4.78, 5) is 21.4. The molecular formula is C28H34FN3O2. The number of benzene rings is 2. The number of nitrogens with zero attached hydrogens (tertiary/aromatic N) is 2. The number of hydrogen-bond donors (Lipinski definition) is 1. The third kappa shape index (κ3) is 4.89. The van der Waals surface area contributed by atoms with Crippen LogP contribution in [-0.2, 0) is 16.0 Å². The Hall–Kier alpha value is -2.70. The number of likely N-dealkylation sites (tertiary alicyclic amines) is 1. The summed E-state index contributed by atoms with van der Waals surface area (Å²) in [6.45, 7) is 7.88. The largest absolute Gasteiger partial charge is 0.373 e. The average molecular weight is 464 g/mol. The minimum absolute atomic E-state index is 0.229. The number of hydrogen-bond acceptors (Lipinski definition) is 3. The van der Waals surface area contributed by atoms with Gasteiger partial charge in [-0.2, -0.15) is 0 Å². The molecule has 0 aliphatic carbocycles. The summed E-state index contributed by atoms with van der Waals surface area (Å²) in [6.07, 6.45) is 3.74. The molecule has 2 aliphatic rings. The van der Waals surface area contributed by atoms with Gasteiger partial charge < -0.3 is 14.6 Å². The zero-order chi connectivity index (χ0) is 23.7. The quantitative estimate of drug-likeness (QED) is 0.559. The van der Waals surface area contributed by atoms with Crippen molar-refractivity contribution < 1.29 is 13.9 Å². The molecule has 3 heterocycles. The molecule has 0 radical (unpaired) electrons. The Morgan fingerprint density at radius 3 is 2.59 bits per heavy atom. The second-order valence-electron chi connectivity index (χ2n) is 9.89. The molecular weight excluding hydrogens is 429 g/mol. The maximum atomic E-state index is 13.5. The van der Waals surface area contributed by atoms with Gasteiger partial charge in [0, 0.05) is 55.2 Å². The summed E-state index contributed by atoms with van der Waals surface area (Å²) in [6, 6.07) is 15.0. The fourth-order valence-corrected chi connectivity index (χ4v) is 5.78. The van der Waals surface area contributed by atoms with Crippen molar-refractivity contribution in [3.05, 3.63) is 59.9 Å². The standard InChI is InChI=1S/C28H34FN3O2/c1-19-16-31(17-20(2)34-19)18-23-6-5-15-32(23)27(33)14-13-25-24-7-3-4-8-26(24)30-28(25)21-9-11-22(29)12-10-21/h3-4,7-12,19-20,23,30H,5-6,13-18H2,1-2H3. The first-order valence-corrected chi connectivity index (χ1v) is 12.5. The second-order valence-corrected chi connectivity index (χ2v) is 9.89. The van der Waals surface area contributed by atoms with Crippen molar-refractivity contribution in [2.45, 2.75) is 57.8 Å².